The number of nitrogens with one attached hydrogen (secondary N) is 1. The molecule has 0 atom stereocenters. The summed E-state index contributed by atoms with van der Waals surface area (Å²) in [6, 6.07) is 13.7. The molecular formula is C25H20F6N2O3. The number of alkyl halides is 6. The zero-order valence-electron chi connectivity index (χ0n) is 19.0. The number of ether oxygens (including phenoxy) is 1. The minimum atomic E-state index is -5.07. The molecule has 0 saturated heterocycles. The van der Waals surface area contributed by atoms with E-state index in [1.165, 1.54) is 19.2 Å². The summed E-state index contributed by atoms with van der Waals surface area (Å²) in [5.41, 5.74) is -3.09. The maximum absolute atomic E-state index is 13.2. The van der Waals surface area contributed by atoms with Gasteiger partial charge in [-0.3, -0.25) is 9.59 Å². The van der Waals surface area contributed by atoms with Crippen molar-refractivity contribution < 1.29 is 40.7 Å². The number of nitrogens with zero attached hydrogens (tertiary/aromatic N) is 1. The van der Waals surface area contributed by atoms with Crippen LogP contribution in [0.1, 0.15) is 37.4 Å². The fourth-order valence-corrected chi connectivity index (χ4v) is 3.28. The Morgan fingerprint density at radius 2 is 1.44 bits per heavy atom. The average Bonchev–Trinajstić information content (AvgIpc) is 2.85. The van der Waals surface area contributed by atoms with Crippen molar-refractivity contribution in [3.8, 4) is 5.75 Å². The van der Waals surface area contributed by atoms with Gasteiger partial charge >= 0.3 is 12.4 Å². The summed E-state index contributed by atoms with van der Waals surface area (Å²) in [5, 5.41) is 2.40. The maximum atomic E-state index is 13.2. The van der Waals surface area contributed by atoms with Crippen molar-refractivity contribution in [1.82, 2.24) is 5.32 Å². The monoisotopic (exact) mass is 510 g/mol. The van der Waals surface area contributed by atoms with E-state index in [2.05, 4.69) is 5.32 Å². The van der Waals surface area contributed by atoms with Crippen molar-refractivity contribution in [2.75, 3.05) is 19.0 Å². The Morgan fingerprint density at radius 1 is 0.861 bits per heavy atom. The molecule has 0 heterocycles. The molecule has 2 amide bonds. The molecule has 1 N–H and O–H groups in total. The second kappa shape index (κ2) is 10.3. The number of anilines is 1. The molecule has 3 aromatic carbocycles. The Balaban J connectivity index is 1.96. The lowest BCUT2D eigenvalue weighted by Gasteiger charge is -2.21. The first-order chi connectivity index (χ1) is 16.8. The van der Waals surface area contributed by atoms with Crippen LogP contribution in [0.3, 0.4) is 0 Å². The largest absolute Gasteiger partial charge is 0.488 e. The molecular weight excluding hydrogens is 490 g/mol. The number of amides is 2. The molecule has 11 heteroatoms. The summed E-state index contributed by atoms with van der Waals surface area (Å²) in [6.07, 6.45) is -10.1. The molecule has 0 aliphatic rings. The third-order valence-electron chi connectivity index (χ3n) is 5.20. The Labute approximate surface area is 202 Å². The normalized spacial score (nSPS) is 11.7. The van der Waals surface area contributed by atoms with Crippen LogP contribution in [0.2, 0.25) is 0 Å². The molecule has 36 heavy (non-hydrogen) atoms. The molecule has 5 nitrogen and oxygen atoms in total. The molecule has 190 valence electrons. The second-order valence-corrected chi connectivity index (χ2v) is 7.69. The van der Waals surface area contributed by atoms with Crippen LogP contribution in [0.4, 0.5) is 32.0 Å². The van der Waals surface area contributed by atoms with Crippen molar-refractivity contribution in [1.29, 1.82) is 0 Å². The Bertz CT molecular complexity index is 1220. The molecule has 0 unspecified atom stereocenters. The number of halogens is 6. The van der Waals surface area contributed by atoms with Crippen molar-refractivity contribution in [3.63, 3.8) is 0 Å². The number of rotatable bonds is 6. The minimum Gasteiger partial charge on any atom is -0.488 e. The Morgan fingerprint density at radius 3 is 1.97 bits per heavy atom. The maximum Gasteiger partial charge on any atom is 0.416 e. The van der Waals surface area contributed by atoms with Crippen molar-refractivity contribution in [2.24, 2.45) is 0 Å². The Hall–Kier alpha value is -4.02. The molecule has 0 spiro atoms. The standard InChI is InChI=1S/C25H20F6N2O3/c1-32-22(34)20-10-16(8-9-21(20)36-14-15-6-4-3-5-7-15)23(35)33(2)19-12-17(24(26,27)28)11-18(13-19)25(29,30)31/h3-13H,14H2,1-2H3,(H,32,34). The van der Waals surface area contributed by atoms with Crippen molar-refractivity contribution in [2.45, 2.75) is 19.0 Å². The van der Waals surface area contributed by atoms with Crippen LogP contribution < -0.4 is 15.0 Å². The van der Waals surface area contributed by atoms with Crippen LogP contribution in [-0.4, -0.2) is 25.9 Å². The lowest BCUT2D eigenvalue weighted by atomic mass is 10.1. The summed E-state index contributed by atoms with van der Waals surface area (Å²) in [4.78, 5) is 26.1. The lowest BCUT2D eigenvalue weighted by Crippen LogP contribution is -2.28. The van der Waals surface area contributed by atoms with Crippen LogP contribution in [0, 0.1) is 0 Å². The van der Waals surface area contributed by atoms with Crippen molar-refractivity contribution in [3.05, 3.63) is 94.5 Å². The van der Waals surface area contributed by atoms with Crippen LogP contribution in [0.5, 0.6) is 5.75 Å². The summed E-state index contributed by atoms with van der Waals surface area (Å²) in [5.74, 6) is -1.40. The van der Waals surface area contributed by atoms with Gasteiger partial charge in [-0.2, -0.15) is 26.3 Å². The van der Waals surface area contributed by atoms with E-state index >= 15 is 0 Å². The van der Waals surface area contributed by atoms with Crippen LogP contribution in [0.25, 0.3) is 0 Å². The summed E-state index contributed by atoms with van der Waals surface area (Å²) in [6.45, 7) is 0.114. The summed E-state index contributed by atoms with van der Waals surface area (Å²) in [7, 11) is 2.39. The van der Waals surface area contributed by atoms with Gasteiger partial charge in [0.05, 0.1) is 16.7 Å². The first-order valence-electron chi connectivity index (χ1n) is 10.4. The van der Waals surface area contributed by atoms with Gasteiger partial charge in [-0.15, -0.1) is 0 Å². The first kappa shape index (κ1) is 26.6. The fraction of sp³-hybridized carbons (Fsp3) is 0.200. The molecule has 0 fully saturated rings. The van der Waals surface area contributed by atoms with Gasteiger partial charge in [-0.1, -0.05) is 30.3 Å². The molecule has 0 aromatic heterocycles. The molecule has 0 aliphatic carbocycles. The van der Waals surface area contributed by atoms with E-state index in [1.807, 2.05) is 6.07 Å². The quantitative estimate of drug-likeness (QED) is 0.418. The van der Waals surface area contributed by atoms with E-state index in [1.54, 1.807) is 24.3 Å². The number of hydrogen-bond donors (Lipinski definition) is 1. The predicted octanol–water partition coefficient (Wildman–Crippen LogP) is 5.94. The van der Waals surface area contributed by atoms with Crippen LogP contribution in [0.15, 0.2) is 66.7 Å². The molecule has 0 radical (unpaired) electrons. The van der Waals surface area contributed by atoms with Gasteiger partial charge in [0.2, 0.25) is 0 Å². The van der Waals surface area contributed by atoms with E-state index in [4.69, 9.17) is 4.74 Å². The van der Waals surface area contributed by atoms with E-state index in [0.29, 0.717) is 17.0 Å². The number of hydrogen-bond acceptors (Lipinski definition) is 3. The van der Waals surface area contributed by atoms with E-state index in [0.717, 1.165) is 18.7 Å². The van der Waals surface area contributed by atoms with Crippen LogP contribution >= 0.6 is 0 Å². The Kier molecular flexibility index (Phi) is 7.61. The molecule has 0 saturated carbocycles. The van der Waals surface area contributed by atoms with Gasteiger partial charge < -0.3 is 15.0 Å². The highest BCUT2D eigenvalue weighted by molar-refractivity contribution is 6.08. The summed E-state index contributed by atoms with van der Waals surface area (Å²) >= 11 is 0. The number of carbonyl (C=O) groups excluding carboxylic acids is 2. The van der Waals surface area contributed by atoms with Gasteiger partial charge in [0.1, 0.15) is 12.4 Å². The predicted molar refractivity (Wildman–Crippen MR) is 120 cm³/mol. The smallest absolute Gasteiger partial charge is 0.416 e. The topological polar surface area (TPSA) is 58.6 Å². The molecule has 0 bridgehead atoms. The van der Waals surface area contributed by atoms with Gasteiger partial charge in [0.15, 0.2) is 0 Å². The molecule has 3 aromatic rings. The van der Waals surface area contributed by atoms with Gasteiger partial charge in [0, 0.05) is 25.3 Å². The number of benzene rings is 3. The third-order valence-corrected chi connectivity index (χ3v) is 5.20. The van der Waals surface area contributed by atoms with Gasteiger partial charge in [-0.25, -0.2) is 0 Å². The van der Waals surface area contributed by atoms with E-state index < -0.39 is 41.0 Å². The van der Waals surface area contributed by atoms with Crippen LogP contribution in [-0.2, 0) is 19.0 Å². The van der Waals surface area contributed by atoms with Crippen molar-refractivity contribution >= 4 is 17.5 Å². The third kappa shape index (κ3) is 6.15. The molecule has 0 aliphatic heterocycles. The molecule has 3 rings (SSSR count). The highest BCUT2D eigenvalue weighted by Crippen LogP contribution is 2.38. The minimum absolute atomic E-state index is 0.0234. The van der Waals surface area contributed by atoms with Gasteiger partial charge in [-0.05, 0) is 42.0 Å². The second-order valence-electron chi connectivity index (χ2n) is 7.69. The average molecular weight is 510 g/mol. The fourth-order valence-electron chi connectivity index (χ4n) is 3.28. The first-order valence-corrected chi connectivity index (χ1v) is 10.4. The van der Waals surface area contributed by atoms with Gasteiger partial charge in [0.25, 0.3) is 11.8 Å². The SMILES string of the molecule is CNC(=O)c1cc(C(=O)N(C)c2cc(C(F)(F)F)cc(C(F)(F)F)c2)ccc1OCc1ccccc1. The number of carbonyl (C=O) groups is 2. The zero-order chi connectivity index (χ0) is 26.7. The highest BCUT2D eigenvalue weighted by Gasteiger charge is 2.37. The lowest BCUT2D eigenvalue weighted by molar-refractivity contribution is -0.143. The van der Waals surface area contributed by atoms with E-state index in [9.17, 15) is 35.9 Å². The summed E-state index contributed by atoms with van der Waals surface area (Å²) < 4.78 is 85.0. The van der Waals surface area contributed by atoms with E-state index in [-0.39, 0.29) is 29.5 Å². The zero-order valence-corrected chi connectivity index (χ0v) is 19.0. The highest BCUT2D eigenvalue weighted by atomic mass is 19.4.